The van der Waals surface area contributed by atoms with E-state index in [1.165, 1.54) is 0 Å². The first kappa shape index (κ1) is 18.0. The molecule has 5 nitrogen and oxygen atoms in total. The number of carbonyl (C=O) groups is 2. The summed E-state index contributed by atoms with van der Waals surface area (Å²) in [4.78, 5) is 28.4. The second kappa shape index (κ2) is 7.60. The molecule has 3 rings (SSSR count). The molecule has 136 valence electrons. The van der Waals surface area contributed by atoms with Crippen molar-refractivity contribution < 1.29 is 14.3 Å². The summed E-state index contributed by atoms with van der Waals surface area (Å²) < 4.78 is 5.42. The van der Waals surface area contributed by atoms with Crippen LogP contribution in [0, 0.1) is 0 Å². The Hall–Kier alpha value is -2.82. The average Bonchev–Trinajstić information content (AvgIpc) is 3.12. The lowest BCUT2D eigenvalue weighted by molar-refractivity contribution is -0.117. The minimum absolute atomic E-state index is 0.0862. The van der Waals surface area contributed by atoms with Gasteiger partial charge >= 0.3 is 0 Å². The van der Waals surface area contributed by atoms with Crippen LogP contribution in [-0.2, 0) is 4.79 Å². The Morgan fingerprint density at radius 2 is 1.96 bits per heavy atom. The molecule has 2 amide bonds. The van der Waals surface area contributed by atoms with Crippen molar-refractivity contribution in [3.8, 4) is 5.75 Å². The van der Waals surface area contributed by atoms with E-state index in [1.54, 1.807) is 36.1 Å². The number of hydrogen-bond donors (Lipinski definition) is 0. The molecule has 0 bridgehead atoms. The average molecular weight is 352 g/mol. The van der Waals surface area contributed by atoms with Gasteiger partial charge in [-0.25, -0.2) is 0 Å². The highest BCUT2D eigenvalue weighted by Gasteiger charge is 2.24. The Labute approximate surface area is 154 Å². The van der Waals surface area contributed by atoms with Gasteiger partial charge in [-0.3, -0.25) is 9.59 Å². The molecule has 1 fully saturated rings. The summed E-state index contributed by atoms with van der Waals surface area (Å²) in [5, 5.41) is 0. The molecule has 0 unspecified atom stereocenters. The number of carbonyl (C=O) groups excluding carboxylic acids is 2. The minimum atomic E-state index is -0.143. The number of methoxy groups -OCH3 is 1. The van der Waals surface area contributed by atoms with E-state index >= 15 is 0 Å². The van der Waals surface area contributed by atoms with Crippen LogP contribution in [0.2, 0.25) is 0 Å². The Bertz CT molecular complexity index is 818. The molecule has 1 aliphatic heterocycles. The van der Waals surface area contributed by atoms with Crippen LogP contribution in [-0.4, -0.2) is 37.4 Å². The third kappa shape index (κ3) is 3.43. The number of rotatable bonds is 5. The summed E-state index contributed by atoms with van der Waals surface area (Å²) in [6.07, 6.45) is 1.44. The van der Waals surface area contributed by atoms with E-state index in [-0.39, 0.29) is 17.9 Å². The van der Waals surface area contributed by atoms with Crippen molar-refractivity contribution in [3.05, 3.63) is 59.7 Å². The van der Waals surface area contributed by atoms with Crippen LogP contribution in [0.5, 0.6) is 5.75 Å². The van der Waals surface area contributed by atoms with Crippen LogP contribution in [0.25, 0.3) is 0 Å². The first-order chi connectivity index (χ1) is 12.5. The second-order valence-corrected chi connectivity index (χ2v) is 6.53. The van der Waals surface area contributed by atoms with Gasteiger partial charge in [-0.2, -0.15) is 0 Å². The van der Waals surface area contributed by atoms with E-state index in [9.17, 15) is 9.59 Å². The monoisotopic (exact) mass is 352 g/mol. The van der Waals surface area contributed by atoms with Gasteiger partial charge in [0.1, 0.15) is 5.75 Å². The maximum Gasteiger partial charge on any atom is 0.254 e. The van der Waals surface area contributed by atoms with Crippen molar-refractivity contribution in [2.75, 3.05) is 25.6 Å². The SMILES string of the molecule is COc1ccccc1[C@H](C)N(C)C(=O)c1cccc(N2CCCC2=O)c1. The van der Waals surface area contributed by atoms with Gasteiger partial charge in [-0.15, -0.1) is 0 Å². The predicted molar refractivity (Wildman–Crippen MR) is 102 cm³/mol. The van der Waals surface area contributed by atoms with Gasteiger partial charge in [0, 0.05) is 36.8 Å². The molecule has 0 aliphatic carbocycles. The van der Waals surface area contributed by atoms with Crippen molar-refractivity contribution >= 4 is 17.5 Å². The lowest BCUT2D eigenvalue weighted by Gasteiger charge is -2.27. The number of para-hydroxylation sites is 1. The van der Waals surface area contributed by atoms with Crippen LogP contribution in [0.3, 0.4) is 0 Å². The molecule has 26 heavy (non-hydrogen) atoms. The zero-order valence-corrected chi connectivity index (χ0v) is 15.4. The molecule has 2 aromatic rings. The van der Waals surface area contributed by atoms with E-state index in [2.05, 4.69) is 0 Å². The second-order valence-electron chi connectivity index (χ2n) is 6.53. The topological polar surface area (TPSA) is 49.9 Å². The van der Waals surface area contributed by atoms with E-state index in [4.69, 9.17) is 4.74 Å². The summed E-state index contributed by atoms with van der Waals surface area (Å²) >= 11 is 0. The molecule has 1 aliphatic rings. The third-order valence-electron chi connectivity index (χ3n) is 4.97. The number of nitrogens with zero attached hydrogens (tertiary/aromatic N) is 2. The molecule has 0 aromatic heterocycles. The molecule has 0 N–H and O–H groups in total. The van der Waals surface area contributed by atoms with Crippen molar-refractivity contribution in [3.63, 3.8) is 0 Å². The van der Waals surface area contributed by atoms with Crippen LogP contribution in [0.15, 0.2) is 48.5 Å². The van der Waals surface area contributed by atoms with Crippen LogP contribution in [0.1, 0.15) is 41.7 Å². The Kier molecular flexibility index (Phi) is 5.26. The zero-order chi connectivity index (χ0) is 18.7. The van der Waals surface area contributed by atoms with E-state index in [0.717, 1.165) is 23.4 Å². The molecule has 0 spiro atoms. The van der Waals surface area contributed by atoms with Crippen molar-refractivity contribution in [1.82, 2.24) is 4.90 Å². The summed E-state index contributed by atoms with van der Waals surface area (Å²) in [6.45, 7) is 2.69. The molecule has 1 saturated heterocycles. The van der Waals surface area contributed by atoms with Gasteiger partial charge in [-0.1, -0.05) is 24.3 Å². The van der Waals surface area contributed by atoms with Gasteiger partial charge in [0.2, 0.25) is 5.91 Å². The lowest BCUT2D eigenvalue weighted by Crippen LogP contribution is -2.30. The molecule has 1 atom stereocenters. The van der Waals surface area contributed by atoms with Gasteiger partial charge in [0.25, 0.3) is 5.91 Å². The van der Waals surface area contributed by atoms with Crippen molar-refractivity contribution in [1.29, 1.82) is 0 Å². The van der Waals surface area contributed by atoms with Crippen LogP contribution >= 0.6 is 0 Å². The maximum atomic E-state index is 13.0. The fraction of sp³-hybridized carbons (Fsp3) is 0.333. The van der Waals surface area contributed by atoms with E-state index in [0.29, 0.717) is 18.5 Å². The van der Waals surface area contributed by atoms with Gasteiger partial charge in [0.05, 0.1) is 13.2 Å². The lowest BCUT2D eigenvalue weighted by atomic mass is 10.0. The Balaban J connectivity index is 1.83. The fourth-order valence-corrected chi connectivity index (χ4v) is 3.33. The number of amides is 2. The molecule has 2 aromatic carbocycles. The summed E-state index contributed by atoms with van der Waals surface area (Å²) in [5.41, 5.74) is 2.32. The van der Waals surface area contributed by atoms with Crippen molar-refractivity contribution in [2.24, 2.45) is 0 Å². The molecular weight excluding hydrogens is 328 g/mol. The van der Waals surface area contributed by atoms with Gasteiger partial charge < -0.3 is 14.5 Å². The zero-order valence-electron chi connectivity index (χ0n) is 15.4. The molecule has 1 heterocycles. The standard InChI is InChI=1S/C21H24N2O3/c1-15(18-10-4-5-11-19(18)26-3)22(2)21(25)16-8-6-9-17(14-16)23-13-7-12-20(23)24/h4-6,8-11,14-15H,7,12-13H2,1-3H3/t15-/m0/s1. The summed E-state index contributed by atoms with van der Waals surface area (Å²) in [6, 6.07) is 14.9. The van der Waals surface area contributed by atoms with E-state index < -0.39 is 0 Å². The number of hydrogen-bond acceptors (Lipinski definition) is 3. The molecule has 0 saturated carbocycles. The summed E-state index contributed by atoms with van der Waals surface area (Å²) in [5.74, 6) is 0.790. The normalized spacial score (nSPS) is 15.0. The molecular formula is C21H24N2O3. The summed E-state index contributed by atoms with van der Waals surface area (Å²) in [7, 11) is 3.41. The van der Waals surface area contributed by atoms with Crippen LogP contribution < -0.4 is 9.64 Å². The Morgan fingerprint density at radius 1 is 1.19 bits per heavy atom. The van der Waals surface area contributed by atoms with Gasteiger partial charge in [0.15, 0.2) is 0 Å². The third-order valence-corrected chi connectivity index (χ3v) is 4.97. The van der Waals surface area contributed by atoms with Crippen LogP contribution in [0.4, 0.5) is 5.69 Å². The highest BCUT2D eigenvalue weighted by atomic mass is 16.5. The van der Waals surface area contributed by atoms with E-state index in [1.807, 2.05) is 43.3 Å². The molecule has 5 heteroatoms. The highest BCUT2D eigenvalue weighted by Crippen LogP contribution is 2.29. The largest absolute Gasteiger partial charge is 0.496 e. The highest BCUT2D eigenvalue weighted by molar-refractivity contribution is 5.99. The number of ether oxygens (including phenoxy) is 1. The molecule has 0 radical (unpaired) electrons. The minimum Gasteiger partial charge on any atom is -0.496 e. The number of anilines is 1. The van der Waals surface area contributed by atoms with Crippen molar-refractivity contribution in [2.45, 2.75) is 25.8 Å². The first-order valence-corrected chi connectivity index (χ1v) is 8.83. The maximum absolute atomic E-state index is 13.0. The smallest absolute Gasteiger partial charge is 0.254 e. The number of benzene rings is 2. The predicted octanol–water partition coefficient (Wildman–Crippen LogP) is 3.66. The first-order valence-electron chi connectivity index (χ1n) is 8.83. The fourth-order valence-electron chi connectivity index (χ4n) is 3.33. The van der Waals surface area contributed by atoms with Gasteiger partial charge in [-0.05, 0) is 37.6 Å². The quantitative estimate of drug-likeness (QED) is 0.825. The Morgan fingerprint density at radius 3 is 2.65 bits per heavy atom.